The molecule has 2 heterocycles. The summed E-state index contributed by atoms with van der Waals surface area (Å²) in [4.78, 5) is 17.8. The second-order valence-corrected chi connectivity index (χ2v) is 6.34. The molecular weight excluding hydrogens is 286 g/mol. The van der Waals surface area contributed by atoms with Crippen LogP contribution < -0.4 is 5.32 Å². The molecule has 2 rings (SSSR count). The third-order valence-electron chi connectivity index (χ3n) is 3.80. The van der Waals surface area contributed by atoms with Crippen LogP contribution in [-0.2, 0) is 4.74 Å². The number of amides is 2. The molecule has 118 valence electrons. The molecule has 1 aliphatic rings. The summed E-state index contributed by atoms with van der Waals surface area (Å²) in [6.45, 7) is 7.29. The standard InChI is InChI=1S/C15H25N3O2S/c1-13(14-5-3-12-21-14)16-15(19)18-7-4-6-17(8-9-18)10-11-20-2/h3,5,12-13H,4,6-11H2,1-2H3,(H,16,19)/t13-/m0/s1. The van der Waals surface area contributed by atoms with Gasteiger partial charge in [-0.25, -0.2) is 4.79 Å². The molecule has 0 spiro atoms. The fourth-order valence-electron chi connectivity index (χ4n) is 2.50. The van der Waals surface area contributed by atoms with Crippen molar-refractivity contribution in [3.63, 3.8) is 0 Å². The summed E-state index contributed by atoms with van der Waals surface area (Å²) in [6.07, 6.45) is 1.02. The molecule has 0 aliphatic carbocycles. The Labute approximate surface area is 130 Å². The van der Waals surface area contributed by atoms with E-state index in [1.165, 1.54) is 4.88 Å². The summed E-state index contributed by atoms with van der Waals surface area (Å²) < 4.78 is 5.12. The molecule has 1 aliphatic heterocycles. The average Bonchev–Trinajstić information content (AvgIpc) is 2.91. The second kappa shape index (κ2) is 8.36. The van der Waals surface area contributed by atoms with Gasteiger partial charge in [-0.2, -0.15) is 0 Å². The van der Waals surface area contributed by atoms with Gasteiger partial charge in [0.05, 0.1) is 12.6 Å². The van der Waals surface area contributed by atoms with Gasteiger partial charge in [-0.05, 0) is 31.3 Å². The SMILES string of the molecule is COCCN1CCCN(C(=O)N[C@@H](C)c2cccs2)CC1. The number of nitrogens with zero attached hydrogens (tertiary/aromatic N) is 2. The van der Waals surface area contributed by atoms with Crippen LogP contribution >= 0.6 is 11.3 Å². The minimum absolute atomic E-state index is 0.0458. The number of hydrogen-bond acceptors (Lipinski definition) is 4. The van der Waals surface area contributed by atoms with Crippen molar-refractivity contribution < 1.29 is 9.53 Å². The van der Waals surface area contributed by atoms with Crippen molar-refractivity contribution in [2.45, 2.75) is 19.4 Å². The molecule has 5 nitrogen and oxygen atoms in total. The first-order valence-corrected chi connectivity index (χ1v) is 8.39. The number of carbonyl (C=O) groups is 1. The lowest BCUT2D eigenvalue weighted by Crippen LogP contribution is -2.43. The van der Waals surface area contributed by atoms with Gasteiger partial charge in [0, 0.05) is 38.2 Å². The van der Waals surface area contributed by atoms with Gasteiger partial charge in [-0.3, -0.25) is 4.90 Å². The third-order valence-corrected chi connectivity index (χ3v) is 4.85. The van der Waals surface area contributed by atoms with Crippen molar-refractivity contribution in [1.29, 1.82) is 0 Å². The Bertz CT molecular complexity index is 425. The summed E-state index contributed by atoms with van der Waals surface area (Å²) in [5.74, 6) is 0. The first-order valence-electron chi connectivity index (χ1n) is 7.51. The second-order valence-electron chi connectivity index (χ2n) is 5.36. The van der Waals surface area contributed by atoms with E-state index >= 15 is 0 Å². The smallest absolute Gasteiger partial charge is 0.317 e. The van der Waals surface area contributed by atoms with Crippen molar-refractivity contribution >= 4 is 17.4 Å². The van der Waals surface area contributed by atoms with E-state index in [9.17, 15) is 4.79 Å². The first-order chi connectivity index (χ1) is 10.2. The molecule has 1 N–H and O–H groups in total. The summed E-state index contributed by atoms with van der Waals surface area (Å²) in [7, 11) is 1.73. The van der Waals surface area contributed by atoms with E-state index in [-0.39, 0.29) is 12.1 Å². The zero-order valence-electron chi connectivity index (χ0n) is 12.9. The van der Waals surface area contributed by atoms with Crippen LogP contribution in [0.1, 0.15) is 24.3 Å². The van der Waals surface area contributed by atoms with Crippen LogP contribution in [-0.4, -0.2) is 62.3 Å². The van der Waals surface area contributed by atoms with Crippen LogP contribution in [0.3, 0.4) is 0 Å². The van der Waals surface area contributed by atoms with Gasteiger partial charge in [-0.1, -0.05) is 6.07 Å². The maximum absolute atomic E-state index is 12.4. The minimum Gasteiger partial charge on any atom is -0.383 e. The Hall–Kier alpha value is -1.11. The lowest BCUT2D eigenvalue weighted by atomic mass is 10.3. The Kier molecular flexibility index (Phi) is 6.48. The van der Waals surface area contributed by atoms with Crippen LogP contribution in [0.15, 0.2) is 17.5 Å². The number of ether oxygens (including phenoxy) is 1. The molecule has 0 bridgehead atoms. The van der Waals surface area contributed by atoms with E-state index in [0.717, 1.165) is 45.8 Å². The maximum atomic E-state index is 12.4. The van der Waals surface area contributed by atoms with Crippen molar-refractivity contribution in [3.05, 3.63) is 22.4 Å². The average molecular weight is 311 g/mol. The van der Waals surface area contributed by atoms with Gasteiger partial charge >= 0.3 is 6.03 Å². The van der Waals surface area contributed by atoms with Crippen LogP contribution in [0.2, 0.25) is 0 Å². The largest absolute Gasteiger partial charge is 0.383 e. The summed E-state index contributed by atoms with van der Waals surface area (Å²) in [6, 6.07) is 4.20. The van der Waals surface area contributed by atoms with Gasteiger partial charge in [0.1, 0.15) is 0 Å². The lowest BCUT2D eigenvalue weighted by Gasteiger charge is -2.24. The highest BCUT2D eigenvalue weighted by Crippen LogP contribution is 2.18. The highest BCUT2D eigenvalue weighted by atomic mass is 32.1. The number of rotatable bonds is 5. The van der Waals surface area contributed by atoms with Gasteiger partial charge in [0.25, 0.3) is 0 Å². The van der Waals surface area contributed by atoms with E-state index in [1.807, 2.05) is 23.3 Å². The topological polar surface area (TPSA) is 44.8 Å². The molecule has 0 radical (unpaired) electrons. The van der Waals surface area contributed by atoms with Crippen LogP contribution in [0.4, 0.5) is 4.79 Å². The van der Waals surface area contributed by atoms with Gasteiger partial charge in [0.15, 0.2) is 0 Å². The Balaban J connectivity index is 1.80. The van der Waals surface area contributed by atoms with Crippen molar-refractivity contribution in [2.75, 3.05) is 46.4 Å². The molecule has 2 amide bonds. The lowest BCUT2D eigenvalue weighted by molar-refractivity contribution is 0.149. The molecule has 21 heavy (non-hydrogen) atoms. The number of carbonyl (C=O) groups excluding carboxylic acids is 1. The maximum Gasteiger partial charge on any atom is 0.317 e. The molecule has 0 aromatic carbocycles. The first kappa shape index (κ1) is 16.3. The molecular formula is C15H25N3O2S. The van der Waals surface area contributed by atoms with E-state index in [2.05, 4.69) is 16.3 Å². The van der Waals surface area contributed by atoms with E-state index < -0.39 is 0 Å². The zero-order valence-corrected chi connectivity index (χ0v) is 13.7. The molecule has 1 saturated heterocycles. The molecule has 1 atom stereocenters. The molecule has 1 aromatic rings. The quantitative estimate of drug-likeness (QED) is 0.906. The zero-order chi connectivity index (χ0) is 15.1. The normalized spacial score (nSPS) is 18.3. The van der Waals surface area contributed by atoms with Gasteiger partial charge in [-0.15, -0.1) is 11.3 Å². The molecule has 0 saturated carbocycles. The third kappa shape index (κ3) is 4.98. The highest BCUT2D eigenvalue weighted by Gasteiger charge is 2.20. The van der Waals surface area contributed by atoms with Gasteiger partial charge in [0.2, 0.25) is 0 Å². The Morgan fingerprint density at radius 3 is 3.00 bits per heavy atom. The van der Waals surface area contributed by atoms with Crippen molar-refractivity contribution in [2.24, 2.45) is 0 Å². The Morgan fingerprint density at radius 2 is 2.29 bits per heavy atom. The summed E-state index contributed by atoms with van der Waals surface area (Å²) in [5.41, 5.74) is 0. The Morgan fingerprint density at radius 1 is 1.43 bits per heavy atom. The van der Waals surface area contributed by atoms with Gasteiger partial charge < -0.3 is 15.0 Å². The fraction of sp³-hybridized carbons (Fsp3) is 0.667. The predicted molar refractivity (Wildman–Crippen MR) is 85.8 cm³/mol. The van der Waals surface area contributed by atoms with E-state index in [1.54, 1.807) is 18.4 Å². The molecule has 1 aromatic heterocycles. The van der Waals surface area contributed by atoms with Crippen LogP contribution in [0, 0.1) is 0 Å². The number of nitrogens with one attached hydrogen (secondary N) is 1. The van der Waals surface area contributed by atoms with E-state index in [4.69, 9.17) is 4.74 Å². The molecule has 1 fully saturated rings. The summed E-state index contributed by atoms with van der Waals surface area (Å²) in [5, 5.41) is 5.13. The number of thiophene rings is 1. The minimum atomic E-state index is 0.0458. The highest BCUT2D eigenvalue weighted by molar-refractivity contribution is 7.10. The van der Waals surface area contributed by atoms with Crippen LogP contribution in [0.5, 0.6) is 0 Å². The fourth-order valence-corrected chi connectivity index (χ4v) is 3.24. The molecule has 6 heteroatoms. The predicted octanol–water partition coefficient (Wildman–Crippen LogP) is 2.17. The van der Waals surface area contributed by atoms with E-state index in [0.29, 0.717) is 0 Å². The van der Waals surface area contributed by atoms with Crippen molar-refractivity contribution in [3.8, 4) is 0 Å². The van der Waals surface area contributed by atoms with Crippen LogP contribution in [0.25, 0.3) is 0 Å². The summed E-state index contributed by atoms with van der Waals surface area (Å²) >= 11 is 1.68. The monoisotopic (exact) mass is 311 g/mol. The molecule has 0 unspecified atom stereocenters. The number of urea groups is 1. The van der Waals surface area contributed by atoms with Crippen molar-refractivity contribution in [1.82, 2.24) is 15.1 Å². The number of hydrogen-bond donors (Lipinski definition) is 1. The number of methoxy groups -OCH3 is 1.